The number of furan rings is 1. The Kier molecular flexibility index (Phi) is 5.57. The maximum absolute atomic E-state index is 12.7. The fraction of sp³-hybridized carbons (Fsp3) is 0.269. The molecule has 1 amide bonds. The van der Waals surface area contributed by atoms with Gasteiger partial charge in [-0.3, -0.25) is 4.79 Å². The van der Waals surface area contributed by atoms with E-state index in [1.54, 1.807) is 49.6 Å². The summed E-state index contributed by atoms with van der Waals surface area (Å²) in [5, 5.41) is 13.7. The second kappa shape index (κ2) is 8.24. The van der Waals surface area contributed by atoms with E-state index in [9.17, 15) is 19.5 Å². The lowest BCUT2D eigenvalue weighted by Gasteiger charge is -2.17. The monoisotopic (exact) mass is 447 g/mol. The van der Waals surface area contributed by atoms with Crippen molar-refractivity contribution in [2.75, 3.05) is 0 Å². The summed E-state index contributed by atoms with van der Waals surface area (Å²) in [5.41, 5.74) is 2.49. The third kappa shape index (κ3) is 4.26. The molecule has 0 fully saturated rings. The molecule has 1 unspecified atom stereocenters. The van der Waals surface area contributed by atoms with E-state index >= 15 is 0 Å². The van der Waals surface area contributed by atoms with Gasteiger partial charge in [0.15, 0.2) is 6.04 Å². The summed E-state index contributed by atoms with van der Waals surface area (Å²) in [6.07, 6.45) is 1.41. The molecule has 0 spiro atoms. The zero-order valence-corrected chi connectivity index (χ0v) is 18.9. The van der Waals surface area contributed by atoms with Gasteiger partial charge in [-0.1, -0.05) is 51.1 Å². The summed E-state index contributed by atoms with van der Waals surface area (Å²) in [7, 11) is 0. The van der Waals surface area contributed by atoms with Crippen LogP contribution in [0.25, 0.3) is 21.9 Å². The first-order chi connectivity index (χ1) is 15.6. The van der Waals surface area contributed by atoms with Crippen LogP contribution in [0.3, 0.4) is 0 Å². The number of fused-ring (bicyclic) bond motifs is 2. The van der Waals surface area contributed by atoms with Gasteiger partial charge in [-0.25, -0.2) is 9.59 Å². The van der Waals surface area contributed by atoms with E-state index in [1.165, 1.54) is 0 Å². The molecule has 2 aromatic heterocycles. The number of amides is 1. The summed E-state index contributed by atoms with van der Waals surface area (Å²) in [5.74, 6) is -1.77. The fourth-order valence-electron chi connectivity index (χ4n) is 4.00. The molecule has 2 N–H and O–H groups in total. The van der Waals surface area contributed by atoms with Gasteiger partial charge in [0, 0.05) is 22.4 Å². The molecule has 0 aliphatic carbocycles. The quantitative estimate of drug-likeness (QED) is 0.432. The second-order valence-electron chi connectivity index (χ2n) is 9.16. The minimum Gasteiger partial charge on any atom is -0.479 e. The molecule has 0 radical (unpaired) electrons. The molecule has 4 aromatic rings. The van der Waals surface area contributed by atoms with Crippen molar-refractivity contribution in [3.8, 4) is 0 Å². The number of rotatable bonds is 5. The van der Waals surface area contributed by atoms with Crippen LogP contribution in [0.2, 0.25) is 0 Å². The van der Waals surface area contributed by atoms with Crippen LogP contribution >= 0.6 is 0 Å². The van der Waals surface area contributed by atoms with Crippen LogP contribution in [0.1, 0.15) is 49.1 Å². The van der Waals surface area contributed by atoms with Gasteiger partial charge >= 0.3 is 11.6 Å². The van der Waals surface area contributed by atoms with E-state index < -0.39 is 23.5 Å². The first-order valence-electron chi connectivity index (χ1n) is 10.6. The predicted molar refractivity (Wildman–Crippen MR) is 124 cm³/mol. The molecule has 0 saturated heterocycles. The van der Waals surface area contributed by atoms with E-state index in [0.29, 0.717) is 27.7 Å². The SMILES string of the molecule is Cc1c(CC(=O)NC(C(=O)O)c2ccccc2)c(=O)oc2cc3occ(C(C)(C)C)c3cc12. The number of benzene rings is 2. The Labute approximate surface area is 190 Å². The number of nitrogens with one attached hydrogen (secondary N) is 1. The van der Waals surface area contributed by atoms with Crippen molar-refractivity contribution in [2.45, 2.75) is 45.6 Å². The highest BCUT2D eigenvalue weighted by Crippen LogP contribution is 2.35. The lowest BCUT2D eigenvalue weighted by Crippen LogP contribution is -2.35. The van der Waals surface area contributed by atoms with Crippen LogP contribution < -0.4 is 10.9 Å². The van der Waals surface area contributed by atoms with E-state index in [4.69, 9.17) is 8.83 Å². The number of carboxylic acid groups (broad SMARTS) is 1. The van der Waals surface area contributed by atoms with Gasteiger partial charge in [-0.05, 0) is 29.5 Å². The number of carbonyl (C=O) groups is 2. The zero-order valence-electron chi connectivity index (χ0n) is 18.9. The Hall–Kier alpha value is -3.87. The van der Waals surface area contributed by atoms with Crippen molar-refractivity contribution in [2.24, 2.45) is 0 Å². The number of aryl methyl sites for hydroxylation is 1. The highest BCUT2D eigenvalue weighted by molar-refractivity contribution is 5.97. The number of carbonyl (C=O) groups excluding carboxylic acids is 1. The number of hydrogen-bond donors (Lipinski definition) is 2. The van der Waals surface area contributed by atoms with Crippen LogP contribution in [0.5, 0.6) is 0 Å². The van der Waals surface area contributed by atoms with Gasteiger partial charge in [0.2, 0.25) is 5.91 Å². The lowest BCUT2D eigenvalue weighted by atomic mass is 9.86. The maximum Gasteiger partial charge on any atom is 0.340 e. The summed E-state index contributed by atoms with van der Waals surface area (Å²) in [4.78, 5) is 37.1. The van der Waals surface area contributed by atoms with E-state index in [1.807, 2.05) is 6.07 Å². The van der Waals surface area contributed by atoms with Crippen LogP contribution in [0.15, 0.2) is 62.4 Å². The van der Waals surface area contributed by atoms with Gasteiger partial charge in [0.1, 0.15) is 11.2 Å². The second-order valence-corrected chi connectivity index (χ2v) is 9.16. The fourth-order valence-corrected chi connectivity index (χ4v) is 4.00. The molecule has 0 aliphatic heterocycles. The van der Waals surface area contributed by atoms with E-state index in [-0.39, 0.29) is 17.4 Å². The number of hydrogen-bond acceptors (Lipinski definition) is 5. The molecule has 0 saturated carbocycles. The third-order valence-corrected chi connectivity index (χ3v) is 5.81. The summed E-state index contributed by atoms with van der Waals surface area (Å²) >= 11 is 0. The molecule has 2 heterocycles. The molecule has 33 heavy (non-hydrogen) atoms. The third-order valence-electron chi connectivity index (χ3n) is 5.81. The van der Waals surface area contributed by atoms with Crippen molar-refractivity contribution >= 4 is 33.8 Å². The van der Waals surface area contributed by atoms with E-state index in [2.05, 4.69) is 26.1 Å². The maximum atomic E-state index is 12.7. The molecule has 0 bridgehead atoms. The minimum atomic E-state index is -1.22. The normalized spacial score (nSPS) is 12.7. The minimum absolute atomic E-state index is 0.144. The Morgan fingerprint density at radius 2 is 1.76 bits per heavy atom. The Bertz CT molecular complexity index is 1420. The van der Waals surface area contributed by atoms with Crippen molar-refractivity contribution in [3.05, 3.63) is 81.4 Å². The van der Waals surface area contributed by atoms with Crippen LogP contribution in [0.4, 0.5) is 0 Å². The molecule has 1 atom stereocenters. The summed E-state index contributed by atoms with van der Waals surface area (Å²) in [6, 6.07) is 10.8. The van der Waals surface area contributed by atoms with Gasteiger partial charge in [0.25, 0.3) is 0 Å². The first-order valence-corrected chi connectivity index (χ1v) is 10.6. The number of carboxylic acids is 1. The molecule has 0 aliphatic rings. The molecule has 170 valence electrons. The largest absolute Gasteiger partial charge is 0.479 e. The average molecular weight is 447 g/mol. The summed E-state index contributed by atoms with van der Waals surface area (Å²) < 4.78 is 11.2. The van der Waals surface area contributed by atoms with Gasteiger partial charge in [-0.2, -0.15) is 0 Å². The van der Waals surface area contributed by atoms with Gasteiger partial charge in [-0.15, -0.1) is 0 Å². The van der Waals surface area contributed by atoms with Gasteiger partial charge in [0.05, 0.1) is 18.2 Å². The van der Waals surface area contributed by atoms with Crippen molar-refractivity contribution in [3.63, 3.8) is 0 Å². The molecule has 2 aromatic carbocycles. The van der Waals surface area contributed by atoms with Crippen molar-refractivity contribution < 1.29 is 23.5 Å². The van der Waals surface area contributed by atoms with Crippen molar-refractivity contribution in [1.29, 1.82) is 0 Å². The molecule has 4 rings (SSSR count). The van der Waals surface area contributed by atoms with Crippen molar-refractivity contribution in [1.82, 2.24) is 5.32 Å². The van der Waals surface area contributed by atoms with Crippen LogP contribution in [-0.2, 0) is 21.4 Å². The smallest absolute Gasteiger partial charge is 0.340 e. The van der Waals surface area contributed by atoms with E-state index in [0.717, 1.165) is 10.9 Å². The summed E-state index contributed by atoms with van der Waals surface area (Å²) in [6.45, 7) is 8.01. The molecule has 7 heteroatoms. The number of aliphatic carboxylic acids is 1. The predicted octanol–water partition coefficient (Wildman–Crippen LogP) is 4.63. The zero-order chi connectivity index (χ0) is 23.9. The standard InChI is InChI=1S/C26H25NO6/c1-14-16-10-18-19(26(2,3)4)13-32-20(18)12-21(16)33-25(31)17(14)11-22(28)27-23(24(29)30)15-8-6-5-7-9-15/h5-10,12-13,23H,11H2,1-4H3,(H,27,28)(H,29,30). The highest BCUT2D eigenvalue weighted by atomic mass is 16.4. The Morgan fingerprint density at radius 3 is 2.39 bits per heavy atom. The van der Waals surface area contributed by atoms with Crippen LogP contribution in [-0.4, -0.2) is 17.0 Å². The average Bonchev–Trinajstić information content (AvgIpc) is 3.17. The molecular formula is C26H25NO6. The molecule has 7 nitrogen and oxygen atoms in total. The topological polar surface area (TPSA) is 110 Å². The Balaban J connectivity index is 1.71. The highest BCUT2D eigenvalue weighted by Gasteiger charge is 2.25. The van der Waals surface area contributed by atoms with Crippen LogP contribution in [0, 0.1) is 6.92 Å². The first kappa shape index (κ1) is 22.3. The van der Waals surface area contributed by atoms with Gasteiger partial charge < -0.3 is 19.3 Å². The molecular weight excluding hydrogens is 422 g/mol. The Morgan fingerprint density at radius 1 is 1.06 bits per heavy atom. The lowest BCUT2D eigenvalue weighted by molar-refractivity contribution is -0.142.